The Morgan fingerprint density at radius 3 is 3.00 bits per heavy atom. The fourth-order valence-electron chi connectivity index (χ4n) is 2.67. The molecule has 0 spiro atoms. The number of carboxylic acid groups (broad SMARTS) is 1. The summed E-state index contributed by atoms with van der Waals surface area (Å²) in [4.78, 5) is 16.4. The van der Waals surface area contributed by atoms with E-state index in [0.29, 0.717) is 0 Å². The second kappa shape index (κ2) is 6.07. The third-order valence-electron chi connectivity index (χ3n) is 3.58. The van der Waals surface area contributed by atoms with Crippen LogP contribution in [0.2, 0.25) is 0 Å². The first kappa shape index (κ1) is 15.2. The van der Waals surface area contributed by atoms with Gasteiger partial charge in [0.05, 0.1) is 0 Å². The van der Waals surface area contributed by atoms with E-state index in [1.807, 2.05) is 18.2 Å². The van der Waals surface area contributed by atoms with Gasteiger partial charge in [-0.1, -0.05) is 6.07 Å². The molecule has 1 aromatic heterocycles. The molecule has 1 N–H and O–H groups in total. The van der Waals surface area contributed by atoms with Gasteiger partial charge in [-0.3, -0.25) is 0 Å². The number of aromatic nitrogens is 1. The predicted molar refractivity (Wildman–Crippen MR) is 67.0 cm³/mol. The third-order valence-corrected chi connectivity index (χ3v) is 3.58. The maximum atomic E-state index is 10.7. The van der Waals surface area contributed by atoms with E-state index in [0.717, 1.165) is 36.0 Å². The Labute approximate surface area is 154 Å². The van der Waals surface area contributed by atoms with E-state index >= 15 is 0 Å². The van der Waals surface area contributed by atoms with Crippen molar-refractivity contribution < 1.29 is 61.3 Å². The van der Waals surface area contributed by atoms with Crippen LogP contribution < -0.4 is 56.5 Å². The fourth-order valence-corrected chi connectivity index (χ4v) is 2.67. The van der Waals surface area contributed by atoms with Crippen molar-refractivity contribution in [3.63, 3.8) is 0 Å². The number of carbonyl (C=O) groups excluding carboxylic acids is 1. The van der Waals surface area contributed by atoms with Gasteiger partial charge in [0.25, 0.3) is 0 Å². The molecule has 19 heavy (non-hydrogen) atoms. The minimum absolute atomic E-state index is 0. The number of fused-ring (bicyclic) bond motifs is 3. The molecule has 0 atom stereocenters. The van der Waals surface area contributed by atoms with Crippen LogP contribution in [-0.2, 0) is 24.2 Å². The van der Waals surface area contributed by atoms with Gasteiger partial charge in [0.2, 0.25) is 0 Å². The Kier molecular flexibility index (Phi) is 4.87. The zero-order valence-corrected chi connectivity index (χ0v) is 14.4. The van der Waals surface area contributed by atoms with Crippen molar-refractivity contribution in [2.24, 2.45) is 0 Å². The first-order chi connectivity index (χ1) is 8.63. The number of hydrogen-bond donors (Lipinski definition) is 1. The van der Waals surface area contributed by atoms with Crippen molar-refractivity contribution in [3.8, 4) is 0 Å². The van der Waals surface area contributed by atoms with Gasteiger partial charge in [-0.25, -0.2) is 0 Å². The number of aliphatic carboxylic acids is 1. The standard InChI is InChI=1S/C14H16N2O2.K/c1-16-5-4-13-11(8-16)10-6-9(7-14(17)18)2-3-12(10)15-13;/h2-3,6,15H,4-5,7-8H2,1H3,(H,17,18);/q;+1/p-1. The zero-order chi connectivity index (χ0) is 12.7. The predicted octanol–water partition coefficient (Wildman–Crippen LogP) is -2.55. The molecule has 0 aliphatic carbocycles. The molecule has 1 aliphatic rings. The number of hydrogen-bond acceptors (Lipinski definition) is 3. The summed E-state index contributed by atoms with van der Waals surface area (Å²) in [6.07, 6.45) is 1.00. The minimum Gasteiger partial charge on any atom is -0.550 e. The molecule has 1 aromatic carbocycles. The van der Waals surface area contributed by atoms with Crippen LogP contribution in [0.25, 0.3) is 10.9 Å². The van der Waals surface area contributed by atoms with Crippen molar-refractivity contribution in [1.82, 2.24) is 9.88 Å². The van der Waals surface area contributed by atoms with Crippen LogP contribution in [-0.4, -0.2) is 29.4 Å². The smallest absolute Gasteiger partial charge is 0.550 e. The van der Waals surface area contributed by atoms with E-state index in [1.165, 1.54) is 11.3 Å². The number of H-pyrrole nitrogens is 1. The Hall–Kier alpha value is -0.174. The molecular weight excluding hydrogens is 267 g/mol. The van der Waals surface area contributed by atoms with Crippen molar-refractivity contribution in [1.29, 1.82) is 0 Å². The van der Waals surface area contributed by atoms with Gasteiger partial charge in [0.1, 0.15) is 0 Å². The normalized spacial score (nSPS) is 15.0. The summed E-state index contributed by atoms with van der Waals surface area (Å²) in [5.41, 5.74) is 4.49. The molecule has 5 heteroatoms. The molecular formula is C14H15KN2O2. The maximum absolute atomic E-state index is 10.7. The molecule has 4 nitrogen and oxygen atoms in total. The third kappa shape index (κ3) is 3.12. The quantitative estimate of drug-likeness (QED) is 0.617. The van der Waals surface area contributed by atoms with Crippen molar-refractivity contribution >= 4 is 16.9 Å². The van der Waals surface area contributed by atoms with Crippen LogP contribution in [0.1, 0.15) is 16.8 Å². The number of nitrogens with zero attached hydrogens (tertiary/aromatic N) is 1. The Bertz CT molecular complexity index is 621. The molecule has 0 unspecified atom stereocenters. The average molecular weight is 282 g/mol. The number of carboxylic acids is 1. The molecule has 0 radical (unpaired) electrons. The first-order valence-electron chi connectivity index (χ1n) is 6.14. The largest absolute Gasteiger partial charge is 1.00 e. The van der Waals surface area contributed by atoms with E-state index in [1.54, 1.807) is 0 Å². The van der Waals surface area contributed by atoms with Crippen molar-refractivity contribution in [2.75, 3.05) is 13.6 Å². The second-order valence-corrected chi connectivity index (χ2v) is 5.00. The van der Waals surface area contributed by atoms with E-state index in [4.69, 9.17) is 0 Å². The van der Waals surface area contributed by atoms with Crippen LogP contribution in [0.15, 0.2) is 18.2 Å². The number of rotatable bonds is 2. The molecule has 94 valence electrons. The summed E-state index contributed by atoms with van der Waals surface area (Å²) in [5.74, 6) is -1.03. The van der Waals surface area contributed by atoms with Gasteiger partial charge in [0, 0.05) is 48.5 Å². The van der Waals surface area contributed by atoms with Crippen molar-refractivity contribution in [2.45, 2.75) is 19.4 Å². The molecule has 0 fully saturated rings. The zero-order valence-electron chi connectivity index (χ0n) is 11.3. The summed E-state index contributed by atoms with van der Waals surface area (Å²) in [7, 11) is 2.10. The average Bonchev–Trinajstić information content (AvgIpc) is 2.66. The molecule has 3 rings (SSSR count). The van der Waals surface area contributed by atoms with E-state index in [-0.39, 0.29) is 57.8 Å². The van der Waals surface area contributed by atoms with Gasteiger partial charge in [0.15, 0.2) is 0 Å². The van der Waals surface area contributed by atoms with Crippen LogP contribution in [0.4, 0.5) is 0 Å². The fraction of sp³-hybridized carbons (Fsp3) is 0.357. The molecule has 0 amide bonds. The molecule has 0 saturated heterocycles. The van der Waals surface area contributed by atoms with Gasteiger partial charge in [-0.15, -0.1) is 0 Å². The van der Waals surface area contributed by atoms with Gasteiger partial charge >= 0.3 is 51.4 Å². The van der Waals surface area contributed by atoms with Crippen LogP contribution >= 0.6 is 0 Å². The number of likely N-dealkylation sites (N-methyl/N-ethyl adjacent to an activating group) is 1. The maximum Gasteiger partial charge on any atom is 1.00 e. The Morgan fingerprint density at radius 1 is 1.47 bits per heavy atom. The molecule has 2 aromatic rings. The summed E-state index contributed by atoms with van der Waals surface area (Å²) in [5, 5.41) is 11.8. The minimum atomic E-state index is -1.03. The second-order valence-electron chi connectivity index (χ2n) is 5.00. The van der Waals surface area contributed by atoms with E-state index in [2.05, 4.69) is 16.9 Å². The molecule has 2 heterocycles. The first-order valence-corrected chi connectivity index (χ1v) is 6.14. The summed E-state index contributed by atoms with van der Waals surface area (Å²) in [6, 6.07) is 5.79. The van der Waals surface area contributed by atoms with Crippen LogP contribution in [0.5, 0.6) is 0 Å². The van der Waals surface area contributed by atoms with Crippen LogP contribution in [0.3, 0.4) is 0 Å². The number of aromatic amines is 1. The van der Waals surface area contributed by atoms with Gasteiger partial charge < -0.3 is 19.8 Å². The van der Waals surface area contributed by atoms with E-state index < -0.39 is 5.97 Å². The van der Waals surface area contributed by atoms with Crippen molar-refractivity contribution in [3.05, 3.63) is 35.0 Å². The van der Waals surface area contributed by atoms with Crippen LogP contribution in [0, 0.1) is 0 Å². The summed E-state index contributed by atoms with van der Waals surface area (Å²) in [6.45, 7) is 1.98. The summed E-state index contributed by atoms with van der Waals surface area (Å²) >= 11 is 0. The SMILES string of the molecule is CN1CCc2[nH]c3ccc(CC(=O)[O-])cc3c2C1.[K+]. The topological polar surface area (TPSA) is 59.2 Å². The van der Waals surface area contributed by atoms with Gasteiger partial charge in [-0.05, 0) is 30.3 Å². The molecule has 0 saturated carbocycles. The van der Waals surface area contributed by atoms with Gasteiger partial charge in [-0.2, -0.15) is 0 Å². The Balaban J connectivity index is 0.00000133. The van der Waals surface area contributed by atoms with E-state index in [9.17, 15) is 9.90 Å². The number of nitrogens with one attached hydrogen (secondary N) is 1. The Morgan fingerprint density at radius 2 is 2.26 bits per heavy atom. The summed E-state index contributed by atoms with van der Waals surface area (Å²) < 4.78 is 0. The number of benzene rings is 1. The molecule has 0 bridgehead atoms. The monoisotopic (exact) mass is 282 g/mol. The molecule has 1 aliphatic heterocycles. The number of carbonyl (C=O) groups is 1.